The molecule has 27 heavy (non-hydrogen) atoms. The number of rotatable bonds is 6. The van der Waals surface area contributed by atoms with Crippen molar-refractivity contribution in [3.8, 4) is 0 Å². The third-order valence-corrected chi connectivity index (χ3v) is 6.41. The number of thioether (sulfide) groups is 1. The van der Waals surface area contributed by atoms with Gasteiger partial charge in [0.05, 0.1) is 5.25 Å². The van der Waals surface area contributed by atoms with Crippen LogP contribution in [-0.4, -0.2) is 52.2 Å². The molecule has 1 N–H and O–H groups in total. The topological polar surface area (TPSA) is 52.6 Å². The Labute approximate surface area is 171 Å². The predicted octanol–water partition coefficient (Wildman–Crippen LogP) is 4.52. The van der Waals surface area contributed by atoms with E-state index in [-0.39, 0.29) is 28.1 Å². The van der Waals surface area contributed by atoms with Crippen LogP contribution < -0.4 is 5.32 Å². The van der Waals surface area contributed by atoms with Gasteiger partial charge in [-0.25, -0.2) is 4.79 Å². The summed E-state index contributed by atoms with van der Waals surface area (Å²) in [6.45, 7) is 11.4. The third kappa shape index (κ3) is 5.55. The lowest BCUT2D eigenvalue weighted by Crippen LogP contribution is -2.50. The summed E-state index contributed by atoms with van der Waals surface area (Å²) >= 11 is 8.04. The molecule has 150 valence electrons. The van der Waals surface area contributed by atoms with E-state index in [1.54, 1.807) is 16.7 Å². The molecule has 0 aromatic heterocycles. The van der Waals surface area contributed by atoms with E-state index in [1.807, 2.05) is 63.8 Å². The van der Waals surface area contributed by atoms with E-state index in [2.05, 4.69) is 5.32 Å². The van der Waals surface area contributed by atoms with Crippen LogP contribution in [0.2, 0.25) is 5.02 Å². The average Bonchev–Trinajstić information content (AvgIpc) is 2.90. The van der Waals surface area contributed by atoms with Gasteiger partial charge in [-0.2, -0.15) is 0 Å². The normalized spacial score (nSPS) is 20.1. The Morgan fingerprint density at radius 3 is 2.52 bits per heavy atom. The number of carbonyl (C=O) groups excluding carboxylic acids is 2. The quantitative estimate of drug-likeness (QED) is 0.748. The molecule has 0 bridgehead atoms. The summed E-state index contributed by atoms with van der Waals surface area (Å²) < 4.78 is 0. The number of halogens is 1. The molecule has 1 aromatic carbocycles. The molecule has 1 fully saturated rings. The van der Waals surface area contributed by atoms with Crippen LogP contribution in [-0.2, 0) is 4.79 Å². The number of carbonyl (C=O) groups is 2. The lowest BCUT2D eigenvalue weighted by atomic mass is 10.1. The first-order valence-corrected chi connectivity index (χ1v) is 10.8. The van der Waals surface area contributed by atoms with E-state index >= 15 is 0 Å². The fraction of sp³-hybridized carbons (Fsp3) is 0.600. The SMILES string of the molecule is CC[C@H]1S[C@@H](c2ccccc2Cl)N(CCN(CC)C(=O)NC(C)(C)C)C1=O. The highest BCUT2D eigenvalue weighted by molar-refractivity contribution is 8.01. The van der Waals surface area contributed by atoms with Gasteiger partial charge in [0.25, 0.3) is 0 Å². The molecule has 1 aliphatic rings. The number of nitrogens with zero attached hydrogens (tertiary/aromatic N) is 2. The summed E-state index contributed by atoms with van der Waals surface area (Å²) in [7, 11) is 0. The van der Waals surface area contributed by atoms with E-state index in [0.717, 1.165) is 12.0 Å². The smallest absolute Gasteiger partial charge is 0.317 e. The maximum Gasteiger partial charge on any atom is 0.317 e. The molecule has 3 amide bonds. The van der Waals surface area contributed by atoms with E-state index in [9.17, 15) is 9.59 Å². The number of hydrogen-bond donors (Lipinski definition) is 1. The van der Waals surface area contributed by atoms with Crippen LogP contribution in [0.1, 0.15) is 52.0 Å². The van der Waals surface area contributed by atoms with E-state index in [0.29, 0.717) is 24.7 Å². The molecule has 1 aliphatic heterocycles. The van der Waals surface area contributed by atoms with Crippen LogP contribution in [0.25, 0.3) is 0 Å². The Balaban J connectivity index is 2.14. The van der Waals surface area contributed by atoms with Crippen LogP contribution in [0.15, 0.2) is 24.3 Å². The van der Waals surface area contributed by atoms with Crippen molar-refractivity contribution in [3.05, 3.63) is 34.9 Å². The molecule has 2 atom stereocenters. The Bertz CT molecular complexity index is 677. The number of likely N-dealkylation sites (N-methyl/N-ethyl adjacent to an activating group) is 1. The standard InChI is InChI=1S/C20H30ClN3O2S/c1-6-16-17(25)24(18(27-16)14-10-8-9-11-15(14)21)13-12-23(7-2)19(26)22-20(3,4)5/h8-11,16,18H,6-7,12-13H2,1-5H3,(H,22,26)/t16-,18+/m1/s1. The summed E-state index contributed by atoms with van der Waals surface area (Å²) in [5.74, 6) is 0.125. The maximum atomic E-state index is 12.9. The lowest BCUT2D eigenvalue weighted by molar-refractivity contribution is -0.130. The van der Waals surface area contributed by atoms with Gasteiger partial charge in [-0.15, -0.1) is 11.8 Å². The van der Waals surface area contributed by atoms with Crippen molar-refractivity contribution in [3.63, 3.8) is 0 Å². The molecule has 0 saturated carbocycles. The summed E-state index contributed by atoms with van der Waals surface area (Å²) in [5.41, 5.74) is 0.660. The van der Waals surface area contributed by atoms with Crippen molar-refractivity contribution < 1.29 is 9.59 Å². The minimum atomic E-state index is -0.294. The summed E-state index contributed by atoms with van der Waals surface area (Å²) in [6.07, 6.45) is 0.781. The second-order valence-electron chi connectivity index (χ2n) is 7.70. The molecule has 7 heteroatoms. The van der Waals surface area contributed by atoms with Gasteiger partial charge in [0, 0.05) is 35.8 Å². The average molecular weight is 412 g/mol. The molecule has 1 aromatic rings. The van der Waals surface area contributed by atoms with Gasteiger partial charge in [-0.05, 0) is 40.2 Å². The molecular formula is C20H30ClN3O2S. The Kier molecular flexibility index (Phi) is 7.46. The van der Waals surface area contributed by atoms with Gasteiger partial charge >= 0.3 is 6.03 Å². The minimum Gasteiger partial charge on any atom is -0.333 e. The van der Waals surface area contributed by atoms with Crippen molar-refractivity contribution in [2.75, 3.05) is 19.6 Å². The molecule has 0 unspecified atom stereocenters. The lowest BCUT2D eigenvalue weighted by Gasteiger charge is -2.31. The number of hydrogen-bond acceptors (Lipinski definition) is 3. The molecule has 0 radical (unpaired) electrons. The van der Waals surface area contributed by atoms with Crippen molar-refractivity contribution in [1.29, 1.82) is 0 Å². The molecule has 2 rings (SSSR count). The van der Waals surface area contributed by atoms with Crippen LogP contribution >= 0.6 is 23.4 Å². The molecule has 1 heterocycles. The Morgan fingerprint density at radius 1 is 1.30 bits per heavy atom. The fourth-order valence-corrected chi connectivity index (χ4v) is 4.80. The first kappa shape index (κ1) is 21.9. The summed E-state index contributed by atoms with van der Waals surface area (Å²) in [5, 5.41) is 3.48. The van der Waals surface area contributed by atoms with Crippen molar-refractivity contribution in [1.82, 2.24) is 15.1 Å². The highest BCUT2D eigenvalue weighted by Crippen LogP contribution is 2.45. The first-order valence-electron chi connectivity index (χ1n) is 9.45. The molecule has 5 nitrogen and oxygen atoms in total. The summed E-state index contributed by atoms with van der Waals surface area (Å²) in [6, 6.07) is 7.56. The first-order chi connectivity index (χ1) is 12.7. The van der Waals surface area contributed by atoms with Gasteiger partial charge in [0.15, 0.2) is 0 Å². The number of amides is 3. The molecule has 1 saturated heterocycles. The highest BCUT2D eigenvalue weighted by Gasteiger charge is 2.40. The maximum absolute atomic E-state index is 12.9. The number of benzene rings is 1. The van der Waals surface area contributed by atoms with Crippen molar-refractivity contribution in [2.45, 2.75) is 57.2 Å². The fourth-order valence-electron chi connectivity index (χ4n) is 3.03. The van der Waals surface area contributed by atoms with Crippen LogP contribution in [0, 0.1) is 0 Å². The van der Waals surface area contributed by atoms with Gasteiger partial charge in [0.1, 0.15) is 5.37 Å². The third-order valence-electron chi connectivity index (χ3n) is 4.44. The number of urea groups is 1. The van der Waals surface area contributed by atoms with E-state index < -0.39 is 0 Å². The highest BCUT2D eigenvalue weighted by atomic mass is 35.5. The van der Waals surface area contributed by atoms with Gasteiger partial charge < -0.3 is 15.1 Å². The van der Waals surface area contributed by atoms with Gasteiger partial charge in [-0.1, -0.05) is 36.7 Å². The molecule has 0 spiro atoms. The van der Waals surface area contributed by atoms with Crippen molar-refractivity contribution in [2.24, 2.45) is 0 Å². The second kappa shape index (κ2) is 9.20. The molecule has 0 aliphatic carbocycles. The predicted molar refractivity (Wildman–Crippen MR) is 113 cm³/mol. The monoisotopic (exact) mass is 411 g/mol. The number of nitrogens with one attached hydrogen (secondary N) is 1. The zero-order chi connectivity index (χ0) is 20.2. The van der Waals surface area contributed by atoms with Gasteiger partial charge in [-0.3, -0.25) is 4.79 Å². The largest absolute Gasteiger partial charge is 0.333 e. The van der Waals surface area contributed by atoms with Crippen LogP contribution in [0.5, 0.6) is 0 Å². The van der Waals surface area contributed by atoms with Gasteiger partial charge in [0.2, 0.25) is 5.91 Å². The summed E-state index contributed by atoms with van der Waals surface area (Å²) in [4.78, 5) is 29.0. The minimum absolute atomic E-state index is 0.0650. The zero-order valence-electron chi connectivity index (χ0n) is 16.8. The Hall–Kier alpha value is -1.40. The zero-order valence-corrected chi connectivity index (χ0v) is 18.4. The van der Waals surface area contributed by atoms with E-state index in [1.165, 1.54) is 0 Å². The van der Waals surface area contributed by atoms with E-state index in [4.69, 9.17) is 11.6 Å². The van der Waals surface area contributed by atoms with Crippen LogP contribution in [0.4, 0.5) is 4.79 Å². The Morgan fingerprint density at radius 2 is 1.96 bits per heavy atom. The second-order valence-corrected chi connectivity index (χ2v) is 9.39. The van der Waals surface area contributed by atoms with Crippen molar-refractivity contribution >= 4 is 35.3 Å². The molecular weight excluding hydrogens is 382 g/mol. The van der Waals surface area contributed by atoms with Crippen LogP contribution in [0.3, 0.4) is 0 Å².